The van der Waals surface area contributed by atoms with Gasteiger partial charge in [0.1, 0.15) is 0 Å². The van der Waals surface area contributed by atoms with Crippen molar-refractivity contribution < 1.29 is 9.59 Å². The summed E-state index contributed by atoms with van der Waals surface area (Å²) in [6.45, 7) is 2.62. The van der Waals surface area contributed by atoms with Crippen molar-refractivity contribution in [3.63, 3.8) is 0 Å². The third kappa shape index (κ3) is 4.11. The van der Waals surface area contributed by atoms with E-state index in [1.165, 1.54) is 11.8 Å². The van der Waals surface area contributed by atoms with Crippen LogP contribution in [0.4, 0.5) is 4.79 Å². The topological polar surface area (TPSA) is 43.9 Å². The Morgan fingerprint density at radius 3 is 1.71 bits per heavy atom. The number of carbonyl (C=O) groups is 2. The van der Waals surface area contributed by atoms with Gasteiger partial charge < -0.3 is 14.7 Å². The summed E-state index contributed by atoms with van der Waals surface area (Å²) in [5.74, 6) is 0.00991. The molecule has 0 spiro atoms. The molecule has 5 nitrogen and oxygen atoms in total. The molecule has 5 heteroatoms. The fourth-order valence-electron chi connectivity index (χ4n) is 0.895. The first kappa shape index (κ1) is 12.7. The van der Waals surface area contributed by atoms with Crippen LogP contribution in [0, 0.1) is 0 Å². The van der Waals surface area contributed by atoms with E-state index >= 15 is 0 Å². The van der Waals surface area contributed by atoms with E-state index in [0.717, 1.165) is 0 Å². The molecule has 0 aliphatic carbocycles. The van der Waals surface area contributed by atoms with Crippen molar-refractivity contribution >= 4 is 11.9 Å². The highest BCUT2D eigenvalue weighted by atomic mass is 16.2. The zero-order chi connectivity index (χ0) is 11.3. The minimum absolute atomic E-state index is 0.00991. The second-order valence-electron chi connectivity index (χ2n) is 3.54. The lowest BCUT2D eigenvalue weighted by molar-refractivity contribution is -0.127. The Labute approximate surface area is 85.3 Å². The van der Waals surface area contributed by atoms with Crippen molar-refractivity contribution in [1.82, 2.24) is 14.7 Å². The number of rotatable bonds is 3. The maximum Gasteiger partial charge on any atom is 0.319 e. The lowest BCUT2D eigenvalue weighted by atomic mass is 10.5. The number of hydrogen-bond donors (Lipinski definition) is 0. The number of urea groups is 1. The van der Waals surface area contributed by atoms with E-state index in [0.29, 0.717) is 13.1 Å². The molecule has 0 aliphatic heterocycles. The van der Waals surface area contributed by atoms with Gasteiger partial charge in [-0.3, -0.25) is 4.79 Å². The zero-order valence-electron chi connectivity index (χ0n) is 9.57. The van der Waals surface area contributed by atoms with Crippen LogP contribution < -0.4 is 0 Å². The van der Waals surface area contributed by atoms with Crippen molar-refractivity contribution in [3.8, 4) is 0 Å². The molecule has 0 heterocycles. The lowest BCUT2D eigenvalue weighted by Crippen LogP contribution is -2.41. The Kier molecular flexibility index (Phi) is 4.97. The summed E-state index contributed by atoms with van der Waals surface area (Å²) < 4.78 is 0. The molecule has 0 aromatic heterocycles. The Balaban J connectivity index is 3.90. The minimum atomic E-state index is -0.0537. The zero-order valence-corrected chi connectivity index (χ0v) is 9.57. The largest absolute Gasteiger partial charge is 0.344 e. The van der Waals surface area contributed by atoms with Gasteiger partial charge in [0.05, 0.1) is 0 Å². The molecule has 0 aliphatic rings. The third-order valence-corrected chi connectivity index (χ3v) is 2.02. The van der Waals surface area contributed by atoms with Gasteiger partial charge in [0.15, 0.2) is 0 Å². The Bertz CT molecular complexity index is 216. The van der Waals surface area contributed by atoms with Gasteiger partial charge in [0.25, 0.3) is 0 Å². The number of amides is 3. The van der Waals surface area contributed by atoms with E-state index < -0.39 is 0 Å². The molecule has 0 saturated heterocycles. The van der Waals surface area contributed by atoms with E-state index in [1.807, 2.05) is 0 Å². The molecule has 0 radical (unpaired) electrons. The summed E-state index contributed by atoms with van der Waals surface area (Å²) in [5.41, 5.74) is 0. The molecule has 0 aromatic rings. The first-order valence-electron chi connectivity index (χ1n) is 4.50. The molecule has 0 aromatic carbocycles. The van der Waals surface area contributed by atoms with Crippen molar-refractivity contribution in [2.75, 3.05) is 41.3 Å². The molecular weight excluding hydrogens is 182 g/mol. The van der Waals surface area contributed by atoms with E-state index in [1.54, 1.807) is 38.0 Å². The van der Waals surface area contributed by atoms with Crippen LogP contribution in [0.1, 0.15) is 6.92 Å². The molecule has 0 atom stereocenters. The van der Waals surface area contributed by atoms with Crippen LogP contribution in [-0.4, -0.2) is 67.9 Å². The smallest absolute Gasteiger partial charge is 0.319 e. The Morgan fingerprint density at radius 1 is 0.929 bits per heavy atom. The summed E-state index contributed by atoms with van der Waals surface area (Å²) in [7, 11) is 6.84. The third-order valence-electron chi connectivity index (χ3n) is 2.02. The Hall–Kier alpha value is -1.26. The fourth-order valence-corrected chi connectivity index (χ4v) is 0.895. The summed E-state index contributed by atoms with van der Waals surface area (Å²) in [6, 6.07) is -0.0537. The molecule has 0 bridgehead atoms. The van der Waals surface area contributed by atoms with Crippen molar-refractivity contribution in [2.24, 2.45) is 0 Å². The first-order valence-corrected chi connectivity index (χ1v) is 4.50. The number of nitrogens with zero attached hydrogens (tertiary/aromatic N) is 3. The van der Waals surface area contributed by atoms with Crippen LogP contribution in [0.2, 0.25) is 0 Å². The molecular formula is C9H19N3O2. The number of hydrogen-bond acceptors (Lipinski definition) is 2. The first-order chi connectivity index (χ1) is 6.36. The van der Waals surface area contributed by atoms with Gasteiger partial charge in [-0.1, -0.05) is 0 Å². The molecule has 14 heavy (non-hydrogen) atoms. The van der Waals surface area contributed by atoms with Gasteiger partial charge in [-0.05, 0) is 0 Å². The maximum atomic E-state index is 11.4. The highest BCUT2D eigenvalue weighted by Gasteiger charge is 2.11. The second-order valence-corrected chi connectivity index (χ2v) is 3.54. The van der Waals surface area contributed by atoms with Crippen LogP contribution >= 0.6 is 0 Å². The molecule has 0 saturated carbocycles. The molecule has 0 N–H and O–H groups in total. The van der Waals surface area contributed by atoms with Crippen molar-refractivity contribution in [3.05, 3.63) is 0 Å². The van der Waals surface area contributed by atoms with Crippen LogP contribution in [0.15, 0.2) is 0 Å². The normalized spacial score (nSPS) is 9.50. The average molecular weight is 201 g/mol. The minimum Gasteiger partial charge on any atom is -0.344 e. The molecule has 0 rings (SSSR count). The van der Waals surface area contributed by atoms with Crippen LogP contribution in [0.25, 0.3) is 0 Å². The van der Waals surface area contributed by atoms with Crippen molar-refractivity contribution in [1.29, 1.82) is 0 Å². The highest BCUT2D eigenvalue weighted by Crippen LogP contribution is 1.92. The van der Waals surface area contributed by atoms with E-state index in [-0.39, 0.29) is 11.9 Å². The molecule has 0 fully saturated rings. The highest BCUT2D eigenvalue weighted by molar-refractivity contribution is 5.74. The SMILES string of the molecule is CC(=O)N(C)CCN(C)C(=O)N(C)C. The van der Waals surface area contributed by atoms with E-state index in [4.69, 9.17) is 0 Å². The van der Waals surface area contributed by atoms with Crippen LogP contribution in [0.3, 0.4) is 0 Å². The lowest BCUT2D eigenvalue weighted by Gasteiger charge is -2.24. The van der Waals surface area contributed by atoms with Gasteiger partial charge in [0.2, 0.25) is 5.91 Å². The van der Waals surface area contributed by atoms with Gasteiger partial charge in [-0.2, -0.15) is 0 Å². The maximum absolute atomic E-state index is 11.4. The van der Waals surface area contributed by atoms with Gasteiger partial charge in [0, 0.05) is 48.2 Å². The van der Waals surface area contributed by atoms with Crippen LogP contribution in [0.5, 0.6) is 0 Å². The van der Waals surface area contributed by atoms with E-state index in [2.05, 4.69) is 0 Å². The predicted octanol–water partition coefficient (Wildman–Crippen LogP) is 0.0781. The molecule has 0 unspecified atom stereocenters. The summed E-state index contributed by atoms with van der Waals surface area (Å²) >= 11 is 0. The molecule has 82 valence electrons. The van der Waals surface area contributed by atoms with Gasteiger partial charge in [-0.25, -0.2) is 4.79 Å². The van der Waals surface area contributed by atoms with E-state index in [9.17, 15) is 9.59 Å². The number of carbonyl (C=O) groups excluding carboxylic acids is 2. The summed E-state index contributed by atoms with van der Waals surface area (Å²) in [4.78, 5) is 26.9. The van der Waals surface area contributed by atoms with Gasteiger partial charge >= 0.3 is 6.03 Å². The second kappa shape index (κ2) is 5.47. The average Bonchev–Trinajstić information content (AvgIpc) is 2.11. The summed E-state index contributed by atoms with van der Waals surface area (Å²) in [5, 5.41) is 0. The summed E-state index contributed by atoms with van der Waals surface area (Å²) in [6.07, 6.45) is 0. The standard InChI is InChI=1S/C9H19N3O2/c1-8(13)11(4)6-7-12(5)9(14)10(2)3/h6-7H2,1-5H3. The van der Waals surface area contributed by atoms with Crippen LogP contribution in [-0.2, 0) is 4.79 Å². The molecule has 3 amide bonds. The van der Waals surface area contributed by atoms with Gasteiger partial charge in [-0.15, -0.1) is 0 Å². The fraction of sp³-hybridized carbons (Fsp3) is 0.778. The monoisotopic (exact) mass is 201 g/mol. The predicted molar refractivity (Wildman–Crippen MR) is 55.0 cm³/mol. The van der Waals surface area contributed by atoms with Crippen molar-refractivity contribution in [2.45, 2.75) is 6.92 Å². The number of likely N-dealkylation sites (N-methyl/N-ethyl adjacent to an activating group) is 2. The quantitative estimate of drug-likeness (QED) is 0.649. The Morgan fingerprint density at radius 2 is 1.36 bits per heavy atom.